The van der Waals surface area contributed by atoms with Crippen LogP contribution >= 0.6 is 0 Å². The first-order valence-electron chi connectivity index (χ1n) is 41.3. The number of non-ortho nitro benzene ring substituents is 1. The Morgan fingerprint density at radius 3 is 0.648 bits per heavy atom. The van der Waals surface area contributed by atoms with Crippen LogP contribution in [-0.4, -0.2) is 4.92 Å². The van der Waals surface area contributed by atoms with E-state index in [9.17, 15) is 10.1 Å². The molecule has 6 nitrogen and oxygen atoms in total. The zero-order valence-electron chi connectivity index (χ0n) is 64.3. The van der Waals surface area contributed by atoms with E-state index in [1.54, 1.807) is 6.07 Å². The zero-order valence-corrected chi connectivity index (χ0v) is 64.3. The molecule has 6 heteroatoms. The van der Waals surface area contributed by atoms with E-state index in [1.807, 2.05) is 6.07 Å². The van der Waals surface area contributed by atoms with Crippen LogP contribution in [0.2, 0.25) is 0 Å². The fraction of sp³-hybridized carbons (Fsp3) is 0.394. The Morgan fingerprint density at radius 1 is 0.238 bits per heavy atom. The predicted octanol–water partition coefficient (Wildman–Crippen LogP) is 30.6. The molecular weight excluding hydrogens is 1280 g/mol. The SMILES string of the molecule is CCCCCCC1(CCCCCC)c2cc(N(c3ccccc3)c3ccccc3)ccc2-c2ccc(N(c3ccc4c(c3)C(CCCCCC)(CCCCCC)c3cc(N(c5ccccc5)c5ccccc5)ccc3-4)c3ccc4c(c3)C(CCCCCC)(CCCCCC)c3cc([N+](=O)[O-])ccc3-4)cc21. The highest BCUT2D eigenvalue weighted by molar-refractivity contribution is 5.93. The summed E-state index contributed by atoms with van der Waals surface area (Å²) in [6.07, 6.45) is 34.4. The van der Waals surface area contributed by atoms with Crippen molar-refractivity contribution in [3.63, 3.8) is 0 Å². The molecular formula is C99H116N4O2. The number of nitrogens with zero attached hydrogens (tertiary/aromatic N) is 4. The smallest absolute Gasteiger partial charge is 0.269 e. The van der Waals surface area contributed by atoms with E-state index in [-0.39, 0.29) is 21.4 Å². The van der Waals surface area contributed by atoms with Gasteiger partial charge in [0.2, 0.25) is 0 Å². The van der Waals surface area contributed by atoms with Crippen LogP contribution < -0.4 is 14.7 Å². The lowest BCUT2D eigenvalue weighted by atomic mass is 9.70. The van der Waals surface area contributed by atoms with Crippen LogP contribution in [0.5, 0.6) is 0 Å². The van der Waals surface area contributed by atoms with Gasteiger partial charge < -0.3 is 14.7 Å². The topological polar surface area (TPSA) is 52.9 Å². The molecule has 0 atom stereocenters. The number of unbranched alkanes of at least 4 members (excludes halogenated alkanes) is 18. The van der Waals surface area contributed by atoms with E-state index in [0.29, 0.717) is 0 Å². The van der Waals surface area contributed by atoms with Gasteiger partial charge in [0.1, 0.15) is 0 Å². The molecule has 3 aliphatic rings. The summed E-state index contributed by atoms with van der Waals surface area (Å²) >= 11 is 0. The maximum atomic E-state index is 13.0. The lowest BCUT2D eigenvalue weighted by molar-refractivity contribution is -0.384. The average molecular weight is 1390 g/mol. The number of rotatable bonds is 40. The minimum Gasteiger partial charge on any atom is -0.310 e. The van der Waals surface area contributed by atoms with Crippen LogP contribution in [-0.2, 0) is 16.2 Å². The van der Waals surface area contributed by atoms with Crippen LogP contribution in [0, 0.1) is 10.1 Å². The first-order chi connectivity index (χ1) is 51.6. The molecule has 0 aromatic heterocycles. The minimum atomic E-state index is -0.395. The predicted molar refractivity (Wildman–Crippen MR) is 448 cm³/mol. The van der Waals surface area contributed by atoms with Crippen LogP contribution in [0.15, 0.2) is 231 Å². The monoisotopic (exact) mass is 1390 g/mol. The van der Waals surface area contributed by atoms with Gasteiger partial charge in [0.25, 0.3) is 5.69 Å². The number of nitro groups is 1. The van der Waals surface area contributed by atoms with Crippen molar-refractivity contribution in [2.45, 2.75) is 250 Å². The first-order valence-corrected chi connectivity index (χ1v) is 41.3. The molecule has 0 radical (unpaired) electrons. The molecule has 0 amide bonds. The Balaban J connectivity index is 1.06. The van der Waals surface area contributed by atoms with Gasteiger partial charge >= 0.3 is 0 Å². The molecule has 0 bridgehead atoms. The van der Waals surface area contributed by atoms with E-state index in [4.69, 9.17) is 0 Å². The highest BCUT2D eigenvalue weighted by Gasteiger charge is 2.47. The third-order valence-electron chi connectivity index (χ3n) is 24.3. The van der Waals surface area contributed by atoms with E-state index in [0.717, 1.165) is 142 Å². The average Bonchev–Trinajstić information content (AvgIpc) is 1.57. The molecule has 0 saturated carbocycles. The van der Waals surface area contributed by atoms with E-state index in [1.165, 1.54) is 168 Å². The summed E-state index contributed by atoms with van der Waals surface area (Å²) < 4.78 is 0. The molecule has 0 aliphatic heterocycles. The largest absolute Gasteiger partial charge is 0.310 e. The molecule has 3 aliphatic carbocycles. The standard InChI is InChI=1S/C99H116N4O2/c1-7-13-19-37-63-97(64-38-20-14-8-2)91-69-79(100(75-43-29-25-30-44-75)76-45-31-26-32-46-76)51-57-85(91)87-59-53-81(71-93(87)97)102(83-55-61-89-90-62-56-84(103(104)105)74-96(90)99(95(89)73-83,67-41-23-17-11-5)68-42-24-18-12-6)82-54-60-88-86-58-52-80(101(77-47-33-27-34-48-77)78-49-35-28-36-50-78)70-92(86)98(94(88)72-82,65-39-21-15-9-3)66-40-22-16-10-4/h25-36,43-62,69-74H,7-24,37-42,63-68H2,1-6H3. The Hall–Kier alpha value is -9.00. The van der Waals surface area contributed by atoms with Crippen molar-refractivity contribution >= 4 is 56.9 Å². The van der Waals surface area contributed by atoms with Gasteiger partial charge in [0.15, 0.2) is 0 Å². The molecule has 0 unspecified atom stereocenters. The second-order valence-corrected chi connectivity index (χ2v) is 31.1. The number of benzene rings is 10. The molecule has 105 heavy (non-hydrogen) atoms. The molecule has 13 rings (SSSR count). The fourth-order valence-corrected chi connectivity index (χ4v) is 19.0. The quantitative estimate of drug-likeness (QED) is 0.0218. The van der Waals surface area contributed by atoms with E-state index >= 15 is 0 Å². The van der Waals surface area contributed by atoms with E-state index < -0.39 is 5.41 Å². The third kappa shape index (κ3) is 15.4. The summed E-state index contributed by atoms with van der Waals surface area (Å²) in [6, 6.07) is 87.6. The summed E-state index contributed by atoms with van der Waals surface area (Å²) in [6.45, 7) is 14.0. The number of para-hydroxylation sites is 4. The van der Waals surface area contributed by atoms with Crippen molar-refractivity contribution in [2.75, 3.05) is 14.7 Å². The van der Waals surface area contributed by atoms with Gasteiger partial charge in [-0.2, -0.15) is 0 Å². The summed E-state index contributed by atoms with van der Waals surface area (Å²) in [5.41, 5.74) is 26.0. The highest BCUT2D eigenvalue weighted by atomic mass is 16.6. The van der Waals surface area contributed by atoms with Gasteiger partial charge in [-0.05, 0) is 221 Å². The van der Waals surface area contributed by atoms with Gasteiger partial charge in [0, 0.05) is 79.6 Å². The molecule has 0 heterocycles. The van der Waals surface area contributed by atoms with Gasteiger partial charge in [-0.1, -0.05) is 299 Å². The lowest BCUT2D eigenvalue weighted by Crippen LogP contribution is -2.27. The Bertz CT molecular complexity index is 4160. The Kier molecular flexibility index (Phi) is 24.7. The van der Waals surface area contributed by atoms with Crippen molar-refractivity contribution in [2.24, 2.45) is 0 Å². The van der Waals surface area contributed by atoms with Crippen molar-refractivity contribution < 1.29 is 4.92 Å². The van der Waals surface area contributed by atoms with Crippen molar-refractivity contribution in [1.82, 2.24) is 0 Å². The van der Waals surface area contributed by atoms with Crippen LogP contribution in [0.25, 0.3) is 33.4 Å². The molecule has 10 aromatic rings. The van der Waals surface area contributed by atoms with Crippen LogP contribution in [0.3, 0.4) is 0 Å². The normalized spacial score (nSPS) is 13.7. The molecule has 544 valence electrons. The number of anilines is 9. The molecule has 0 spiro atoms. The number of hydrogen-bond donors (Lipinski definition) is 0. The number of nitro benzene ring substituents is 1. The maximum absolute atomic E-state index is 13.0. The zero-order chi connectivity index (χ0) is 72.6. The summed E-state index contributed by atoms with van der Waals surface area (Å²) in [7, 11) is 0. The van der Waals surface area contributed by atoms with Gasteiger partial charge in [-0.25, -0.2) is 0 Å². The summed E-state index contributed by atoms with van der Waals surface area (Å²) in [4.78, 5) is 20.5. The summed E-state index contributed by atoms with van der Waals surface area (Å²) in [5, 5.41) is 13.0. The van der Waals surface area contributed by atoms with Crippen molar-refractivity contribution in [3.05, 3.63) is 274 Å². The van der Waals surface area contributed by atoms with Gasteiger partial charge in [-0.15, -0.1) is 0 Å². The van der Waals surface area contributed by atoms with Crippen LogP contribution in [0.1, 0.15) is 268 Å². The van der Waals surface area contributed by atoms with Gasteiger partial charge in [-0.3, -0.25) is 10.1 Å². The minimum absolute atomic E-state index is 0.165. The second-order valence-electron chi connectivity index (χ2n) is 31.1. The van der Waals surface area contributed by atoms with E-state index in [2.05, 4.69) is 275 Å². The fourth-order valence-electron chi connectivity index (χ4n) is 19.0. The molecule has 0 saturated heterocycles. The second kappa shape index (κ2) is 34.9. The number of hydrogen-bond acceptors (Lipinski definition) is 5. The molecule has 0 N–H and O–H groups in total. The van der Waals surface area contributed by atoms with Crippen LogP contribution in [0.4, 0.5) is 56.9 Å². The lowest BCUT2D eigenvalue weighted by Gasteiger charge is -2.36. The van der Waals surface area contributed by atoms with Crippen molar-refractivity contribution in [3.8, 4) is 33.4 Å². The maximum Gasteiger partial charge on any atom is 0.269 e. The Morgan fingerprint density at radius 2 is 0.438 bits per heavy atom. The molecule has 10 aromatic carbocycles. The molecule has 0 fully saturated rings. The highest BCUT2D eigenvalue weighted by Crippen LogP contribution is 2.62. The Labute approximate surface area is 630 Å². The summed E-state index contributed by atoms with van der Waals surface area (Å²) in [5.74, 6) is 0. The third-order valence-corrected chi connectivity index (χ3v) is 24.3. The first kappa shape index (κ1) is 74.3. The number of fused-ring (bicyclic) bond motifs is 9. The van der Waals surface area contributed by atoms with Crippen molar-refractivity contribution in [1.29, 1.82) is 0 Å². The van der Waals surface area contributed by atoms with Gasteiger partial charge in [0.05, 0.1) is 4.92 Å².